The molecule has 1 spiro atoms. The smallest absolute Gasteiger partial charge is 0.220 e. The van der Waals surface area contributed by atoms with Crippen LogP contribution >= 0.6 is 23.2 Å². The zero-order valence-corrected chi connectivity index (χ0v) is 28.8. The summed E-state index contributed by atoms with van der Waals surface area (Å²) in [6, 6.07) is 19.6. The van der Waals surface area contributed by atoms with Gasteiger partial charge in [-0.3, -0.25) is 9.69 Å². The molecule has 5 aromatic rings. The van der Waals surface area contributed by atoms with E-state index in [-0.39, 0.29) is 11.4 Å². The minimum Gasteiger partial charge on any atom is -0.481 e. The first-order valence-electron chi connectivity index (χ1n) is 16.1. The van der Waals surface area contributed by atoms with E-state index in [2.05, 4.69) is 25.7 Å². The molecule has 13 heteroatoms. The topological polar surface area (TPSA) is 119 Å². The number of methoxy groups -OCH3 is 2. The van der Waals surface area contributed by atoms with Crippen LogP contribution in [-0.4, -0.2) is 74.9 Å². The lowest BCUT2D eigenvalue weighted by Gasteiger charge is -2.48. The van der Waals surface area contributed by atoms with Crippen molar-refractivity contribution in [3.8, 4) is 45.4 Å². The van der Waals surface area contributed by atoms with Crippen LogP contribution in [0, 0.1) is 0 Å². The van der Waals surface area contributed by atoms with Crippen molar-refractivity contribution in [2.45, 2.75) is 38.0 Å². The molecule has 0 radical (unpaired) electrons. The van der Waals surface area contributed by atoms with Crippen molar-refractivity contribution in [2.24, 2.45) is 0 Å². The zero-order chi connectivity index (χ0) is 34.0. The molecule has 2 aromatic carbocycles. The highest BCUT2D eigenvalue weighted by molar-refractivity contribution is 6.39. The molecule has 0 unspecified atom stereocenters. The number of ether oxygens (including phenoxy) is 2. The van der Waals surface area contributed by atoms with Crippen LogP contribution in [0.3, 0.4) is 0 Å². The first-order valence-corrected chi connectivity index (χ1v) is 16.8. The Morgan fingerprint density at radius 2 is 1.39 bits per heavy atom. The number of nitrogens with one attached hydrogen (secondary N) is 2. The molecule has 3 aromatic heterocycles. The summed E-state index contributed by atoms with van der Waals surface area (Å²) in [5, 5.41) is 15.3. The summed E-state index contributed by atoms with van der Waals surface area (Å²) in [4.78, 5) is 23.7. The summed E-state index contributed by atoms with van der Waals surface area (Å²) in [7, 11) is 3.24. The number of hydrogen-bond acceptors (Lipinski definition) is 9. The SMILES string of the molecule is COc1nc(-c2cccc(-c3cccc(-c4ccc(CN5CC6(CCC(=O)N6)C5)c(OC)n4)c3Cl)c2Cl)ccc1CNCCn1cnnc1. The van der Waals surface area contributed by atoms with Gasteiger partial charge in [0.2, 0.25) is 17.7 Å². The van der Waals surface area contributed by atoms with E-state index in [0.29, 0.717) is 52.7 Å². The Morgan fingerprint density at radius 3 is 1.96 bits per heavy atom. The number of carbonyl (C=O) groups excluding carboxylic acids is 1. The van der Waals surface area contributed by atoms with E-state index in [9.17, 15) is 4.79 Å². The molecule has 2 aliphatic rings. The predicted octanol–water partition coefficient (Wildman–Crippen LogP) is 5.65. The van der Waals surface area contributed by atoms with E-state index < -0.39 is 0 Å². The number of nitrogens with zero attached hydrogens (tertiary/aromatic N) is 6. The van der Waals surface area contributed by atoms with Gasteiger partial charge >= 0.3 is 0 Å². The molecule has 0 aliphatic carbocycles. The lowest BCUT2D eigenvalue weighted by molar-refractivity contribution is -0.120. The number of pyridine rings is 2. The molecule has 1 amide bonds. The molecular weight excluding hydrogens is 663 g/mol. The summed E-state index contributed by atoms with van der Waals surface area (Å²) in [5.74, 6) is 1.21. The molecule has 0 saturated carbocycles. The van der Waals surface area contributed by atoms with Gasteiger partial charge in [-0.1, -0.05) is 71.7 Å². The summed E-state index contributed by atoms with van der Waals surface area (Å²) >= 11 is 14.2. The average Bonchev–Trinajstić information content (AvgIpc) is 3.77. The van der Waals surface area contributed by atoms with Gasteiger partial charge in [0.05, 0.1) is 41.2 Å². The highest BCUT2D eigenvalue weighted by atomic mass is 35.5. The first kappa shape index (κ1) is 33.0. The molecule has 7 rings (SSSR count). The molecule has 0 bridgehead atoms. The zero-order valence-electron chi connectivity index (χ0n) is 27.2. The Hall–Kier alpha value is -4.55. The minimum atomic E-state index is -0.0761. The molecule has 252 valence electrons. The van der Waals surface area contributed by atoms with E-state index in [1.165, 1.54) is 0 Å². The standard InChI is InChI=1S/C36H36Cl2N8O3/c1-48-34-23(17-39-15-16-45-21-40-41-22-45)9-11-29(42-34)27-7-3-5-25(32(27)37)26-6-4-8-28(33(26)38)30-12-10-24(35(43-30)49-2)18-46-19-36(20-46)14-13-31(47)44-36/h3-12,21-22,39H,13-20H2,1-2H3,(H,44,47). The molecular formula is C36H36Cl2N8O3. The number of carbonyl (C=O) groups is 1. The average molecular weight is 700 g/mol. The van der Waals surface area contributed by atoms with Gasteiger partial charge in [0.1, 0.15) is 12.7 Å². The van der Waals surface area contributed by atoms with Crippen LogP contribution in [0.15, 0.2) is 73.3 Å². The van der Waals surface area contributed by atoms with Crippen LogP contribution in [0.4, 0.5) is 0 Å². The number of aromatic nitrogens is 5. The fourth-order valence-electron chi connectivity index (χ4n) is 6.66. The van der Waals surface area contributed by atoms with Crippen molar-refractivity contribution in [3.05, 3.63) is 94.5 Å². The third kappa shape index (κ3) is 6.84. The van der Waals surface area contributed by atoms with E-state index in [4.69, 9.17) is 42.6 Å². The highest BCUT2D eigenvalue weighted by Crippen LogP contribution is 2.42. The molecule has 2 N–H and O–H groups in total. The van der Waals surface area contributed by atoms with Gasteiger partial charge in [-0.15, -0.1) is 10.2 Å². The first-order chi connectivity index (χ1) is 23.9. The second-order valence-corrected chi connectivity index (χ2v) is 13.2. The summed E-state index contributed by atoms with van der Waals surface area (Å²) in [6.45, 7) is 4.42. The molecule has 2 saturated heterocycles. The number of likely N-dealkylation sites (tertiary alicyclic amines) is 1. The molecule has 49 heavy (non-hydrogen) atoms. The Morgan fingerprint density at radius 1 is 0.816 bits per heavy atom. The maximum Gasteiger partial charge on any atom is 0.220 e. The normalized spacial score (nSPS) is 15.3. The molecule has 2 aliphatic heterocycles. The fraction of sp³-hybridized carbons (Fsp3) is 0.306. The van der Waals surface area contributed by atoms with E-state index >= 15 is 0 Å². The van der Waals surface area contributed by atoms with E-state index in [0.717, 1.165) is 66.0 Å². The third-order valence-corrected chi connectivity index (χ3v) is 9.93. The second kappa shape index (κ2) is 14.1. The van der Waals surface area contributed by atoms with E-state index in [1.54, 1.807) is 26.9 Å². The predicted molar refractivity (Wildman–Crippen MR) is 189 cm³/mol. The van der Waals surface area contributed by atoms with Crippen LogP contribution in [0.2, 0.25) is 10.0 Å². The van der Waals surface area contributed by atoms with Gasteiger partial charge in [-0.05, 0) is 18.6 Å². The molecule has 0 atom stereocenters. The van der Waals surface area contributed by atoms with Crippen molar-refractivity contribution in [2.75, 3.05) is 33.9 Å². The molecule has 5 heterocycles. The van der Waals surface area contributed by atoms with Gasteiger partial charge in [0.15, 0.2) is 0 Å². The fourth-order valence-corrected chi connectivity index (χ4v) is 7.31. The van der Waals surface area contributed by atoms with Crippen LogP contribution in [0.5, 0.6) is 11.8 Å². The Labute approximate surface area is 294 Å². The quantitative estimate of drug-likeness (QED) is 0.159. The lowest BCUT2D eigenvalue weighted by atomic mass is 9.88. The number of benzene rings is 2. The maximum atomic E-state index is 11.7. The third-order valence-electron chi connectivity index (χ3n) is 9.11. The Kier molecular flexibility index (Phi) is 9.50. The summed E-state index contributed by atoms with van der Waals surface area (Å²) in [5.41, 5.74) is 6.31. The van der Waals surface area contributed by atoms with Crippen molar-refractivity contribution < 1.29 is 14.3 Å². The minimum absolute atomic E-state index is 0.0761. The number of rotatable bonds is 12. The van der Waals surface area contributed by atoms with Crippen molar-refractivity contribution in [1.29, 1.82) is 0 Å². The highest BCUT2D eigenvalue weighted by Gasteiger charge is 2.47. The molecule has 2 fully saturated rings. The summed E-state index contributed by atoms with van der Waals surface area (Å²) in [6.07, 6.45) is 4.87. The van der Waals surface area contributed by atoms with Gasteiger partial charge in [0, 0.05) is 79.1 Å². The van der Waals surface area contributed by atoms with Gasteiger partial charge in [0.25, 0.3) is 0 Å². The van der Waals surface area contributed by atoms with Crippen LogP contribution in [0.25, 0.3) is 33.6 Å². The van der Waals surface area contributed by atoms with Crippen molar-refractivity contribution in [1.82, 2.24) is 40.3 Å². The van der Waals surface area contributed by atoms with Crippen LogP contribution < -0.4 is 20.1 Å². The maximum absolute atomic E-state index is 11.7. The number of amides is 1. The Bertz CT molecular complexity index is 1980. The van der Waals surface area contributed by atoms with Crippen LogP contribution in [-0.2, 0) is 24.4 Å². The molecule has 11 nitrogen and oxygen atoms in total. The van der Waals surface area contributed by atoms with Crippen LogP contribution in [0.1, 0.15) is 24.0 Å². The van der Waals surface area contributed by atoms with Gasteiger partial charge < -0.3 is 24.7 Å². The second-order valence-electron chi connectivity index (χ2n) is 12.4. The summed E-state index contributed by atoms with van der Waals surface area (Å²) < 4.78 is 13.3. The Balaban J connectivity index is 1.09. The van der Waals surface area contributed by atoms with Crippen molar-refractivity contribution >= 4 is 29.1 Å². The monoisotopic (exact) mass is 698 g/mol. The van der Waals surface area contributed by atoms with Gasteiger partial charge in [-0.25, -0.2) is 9.97 Å². The number of hydrogen-bond donors (Lipinski definition) is 2. The van der Waals surface area contributed by atoms with E-state index in [1.807, 2.05) is 65.2 Å². The van der Waals surface area contributed by atoms with Crippen molar-refractivity contribution in [3.63, 3.8) is 0 Å². The number of halogens is 2. The largest absolute Gasteiger partial charge is 0.481 e. The van der Waals surface area contributed by atoms with Gasteiger partial charge in [-0.2, -0.15) is 0 Å². The lowest BCUT2D eigenvalue weighted by Crippen LogP contribution is -2.66.